The van der Waals surface area contributed by atoms with Crippen molar-refractivity contribution in [2.24, 2.45) is 22.4 Å². The summed E-state index contributed by atoms with van der Waals surface area (Å²) in [5.41, 5.74) is 14.7. The second-order valence-electron chi connectivity index (χ2n) is 10.6. The molecule has 38 heavy (non-hydrogen) atoms. The molecule has 0 radical (unpaired) electrons. The molecule has 5 nitrogen and oxygen atoms in total. The molecule has 1 heterocycles. The minimum absolute atomic E-state index is 0.0571. The molecule has 220 valence electrons. The van der Waals surface area contributed by atoms with E-state index in [0.717, 1.165) is 44.7 Å². The molecule has 3 atom stereocenters. The van der Waals surface area contributed by atoms with Crippen molar-refractivity contribution in [2.75, 3.05) is 19.6 Å². The number of rotatable bonds is 15. The van der Waals surface area contributed by atoms with Crippen molar-refractivity contribution in [1.82, 2.24) is 4.90 Å². The fraction of sp³-hybridized carbons (Fsp3) is 0.667. The molecule has 0 amide bonds. The maximum absolute atomic E-state index is 9.35. The quantitative estimate of drug-likeness (QED) is 0.115. The lowest BCUT2D eigenvalue weighted by Crippen LogP contribution is -2.27. The SMILES string of the molecule is C=C(C)CCC.C=C(N)/C(C=NC(C)C(/C=C/CC)=C/CCC)=C/N.CCCCC(C)CN1CCC(O)C1. The van der Waals surface area contributed by atoms with E-state index in [2.05, 4.69) is 89.7 Å². The van der Waals surface area contributed by atoms with E-state index in [0.29, 0.717) is 11.3 Å². The number of aliphatic imine (C=N–C) groups is 1. The zero-order valence-electron chi connectivity index (χ0n) is 26.0. The van der Waals surface area contributed by atoms with Gasteiger partial charge in [-0.1, -0.05) is 90.7 Å². The van der Waals surface area contributed by atoms with Crippen molar-refractivity contribution in [3.8, 4) is 0 Å². The van der Waals surface area contributed by atoms with E-state index in [1.54, 1.807) is 6.21 Å². The maximum Gasteiger partial charge on any atom is 0.0717 e. The Morgan fingerprint density at radius 3 is 2.24 bits per heavy atom. The molecule has 5 heteroatoms. The Morgan fingerprint density at radius 1 is 1.13 bits per heavy atom. The lowest BCUT2D eigenvalue weighted by atomic mass is 10.0. The Hall–Kier alpha value is -2.11. The molecule has 1 rings (SSSR count). The van der Waals surface area contributed by atoms with Crippen molar-refractivity contribution in [3.05, 3.63) is 60.0 Å². The monoisotopic (exact) mass is 530 g/mol. The first-order chi connectivity index (χ1) is 18.1. The first-order valence-electron chi connectivity index (χ1n) is 14.9. The second-order valence-corrected chi connectivity index (χ2v) is 10.6. The van der Waals surface area contributed by atoms with E-state index in [-0.39, 0.29) is 12.1 Å². The molecule has 3 unspecified atom stereocenters. The number of nitrogens with two attached hydrogens (primary N) is 2. The third-order valence-corrected chi connectivity index (χ3v) is 6.23. The number of aliphatic hydroxyl groups excluding tert-OH is 1. The van der Waals surface area contributed by atoms with Crippen LogP contribution >= 0.6 is 0 Å². The summed E-state index contributed by atoms with van der Waals surface area (Å²) in [6.07, 6.45) is 20.2. The molecule has 5 N–H and O–H groups in total. The standard InChI is InChI=1S/C16H27N3.C11H23NO.C6H12/c1-5-7-9-15(10-8-6-2)14(4)19-12-16(11-17)13(3)18;1-3-4-5-10(2)8-12-7-6-11(13)9-12;1-4-5-6(2)3/h7,9-12,14H,3,5-6,8,17-18H2,1-2,4H3;10-11,13H,3-9H2,1-2H3;2,4-5H2,1,3H3/b9-7+,15-10+,16-11+,19-12?;;. The molecule has 1 aliphatic heterocycles. The predicted molar refractivity (Wildman–Crippen MR) is 171 cm³/mol. The first kappa shape index (κ1) is 38.0. The molecular weight excluding hydrogens is 468 g/mol. The Bertz CT molecular complexity index is 735. The number of allylic oxidation sites excluding steroid dienone is 4. The summed E-state index contributed by atoms with van der Waals surface area (Å²) in [4.78, 5) is 6.88. The number of unbranched alkanes of at least 4 members (excludes halogenated alkanes) is 2. The van der Waals surface area contributed by atoms with Crippen LogP contribution in [0.15, 0.2) is 65.0 Å². The average molecular weight is 531 g/mol. The third kappa shape index (κ3) is 21.9. The summed E-state index contributed by atoms with van der Waals surface area (Å²) >= 11 is 0. The zero-order valence-corrected chi connectivity index (χ0v) is 26.0. The highest BCUT2D eigenvalue weighted by molar-refractivity contribution is 5.84. The first-order valence-corrected chi connectivity index (χ1v) is 14.9. The molecule has 0 aromatic carbocycles. The number of hydrogen-bond donors (Lipinski definition) is 3. The number of likely N-dealkylation sites (tertiary alicyclic amines) is 1. The van der Waals surface area contributed by atoms with Gasteiger partial charge in [0.2, 0.25) is 0 Å². The highest BCUT2D eigenvalue weighted by Gasteiger charge is 2.21. The Morgan fingerprint density at radius 2 is 1.82 bits per heavy atom. The average Bonchev–Trinajstić information content (AvgIpc) is 3.27. The van der Waals surface area contributed by atoms with Gasteiger partial charge in [0.05, 0.1) is 12.1 Å². The van der Waals surface area contributed by atoms with Crippen molar-refractivity contribution < 1.29 is 5.11 Å². The van der Waals surface area contributed by atoms with Gasteiger partial charge in [-0.15, -0.1) is 6.58 Å². The van der Waals surface area contributed by atoms with Crippen molar-refractivity contribution in [2.45, 2.75) is 118 Å². The van der Waals surface area contributed by atoms with E-state index in [1.165, 1.54) is 56.0 Å². The number of nitrogens with zero attached hydrogens (tertiary/aromatic N) is 2. The summed E-state index contributed by atoms with van der Waals surface area (Å²) in [5, 5.41) is 9.35. The highest BCUT2D eigenvalue weighted by atomic mass is 16.3. The number of aliphatic hydroxyl groups is 1. The fourth-order valence-corrected chi connectivity index (χ4v) is 3.94. The molecule has 0 aliphatic carbocycles. The maximum atomic E-state index is 9.35. The van der Waals surface area contributed by atoms with Crippen molar-refractivity contribution in [1.29, 1.82) is 0 Å². The predicted octanol–water partition coefficient (Wildman–Crippen LogP) is 7.70. The van der Waals surface area contributed by atoms with Gasteiger partial charge in [-0.2, -0.15) is 0 Å². The molecule has 1 aliphatic rings. The van der Waals surface area contributed by atoms with Crippen molar-refractivity contribution >= 4 is 6.21 Å². The topological polar surface area (TPSA) is 87.9 Å². The highest BCUT2D eigenvalue weighted by Crippen LogP contribution is 2.15. The lowest BCUT2D eigenvalue weighted by molar-refractivity contribution is 0.170. The summed E-state index contributed by atoms with van der Waals surface area (Å²) in [7, 11) is 0. The van der Waals surface area contributed by atoms with Crippen LogP contribution < -0.4 is 11.5 Å². The van der Waals surface area contributed by atoms with Gasteiger partial charge in [0.1, 0.15) is 0 Å². The van der Waals surface area contributed by atoms with Gasteiger partial charge in [-0.05, 0) is 57.4 Å². The molecular formula is C33H62N4O. The number of β-amino-alcohol motifs (C(OH)–C–C–N with tert-alkyl or cyclic N) is 1. The van der Waals surface area contributed by atoms with Gasteiger partial charge in [0, 0.05) is 43.3 Å². The fourth-order valence-electron chi connectivity index (χ4n) is 3.94. The Labute approximate surface area is 236 Å². The van der Waals surface area contributed by atoms with Crippen LogP contribution in [0.4, 0.5) is 0 Å². The van der Waals surface area contributed by atoms with Crippen molar-refractivity contribution in [3.63, 3.8) is 0 Å². The molecule has 0 aromatic heterocycles. The smallest absolute Gasteiger partial charge is 0.0717 e. The van der Waals surface area contributed by atoms with Crippen LogP contribution in [0.25, 0.3) is 0 Å². The van der Waals surface area contributed by atoms with Gasteiger partial charge >= 0.3 is 0 Å². The molecule has 0 aromatic rings. The summed E-state index contributed by atoms with van der Waals surface area (Å²) in [6.45, 7) is 25.7. The largest absolute Gasteiger partial charge is 0.404 e. The minimum Gasteiger partial charge on any atom is -0.404 e. The van der Waals surface area contributed by atoms with Gasteiger partial charge in [-0.25, -0.2) is 0 Å². The van der Waals surface area contributed by atoms with Crippen LogP contribution in [0.2, 0.25) is 0 Å². The van der Waals surface area contributed by atoms with Crippen LogP contribution in [0, 0.1) is 5.92 Å². The molecule has 1 saturated heterocycles. The van der Waals surface area contributed by atoms with E-state index in [9.17, 15) is 5.11 Å². The lowest BCUT2D eigenvalue weighted by Gasteiger charge is -2.19. The van der Waals surface area contributed by atoms with E-state index in [4.69, 9.17) is 11.5 Å². The van der Waals surface area contributed by atoms with Gasteiger partial charge < -0.3 is 21.5 Å². The van der Waals surface area contributed by atoms with E-state index >= 15 is 0 Å². The van der Waals surface area contributed by atoms with Crippen LogP contribution in [0.3, 0.4) is 0 Å². The second kappa shape index (κ2) is 25.2. The van der Waals surface area contributed by atoms with Crippen LogP contribution in [0.1, 0.15) is 106 Å². The van der Waals surface area contributed by atoms with Crippen LogP contribution in [-0.2, 0) is 0 Å². The van der Waals surface area contributed by atoms with Gasteiger partial charge in [0.25, 0.3) is 0 Å². The summed E-state index contributed by atoms with van der Waals surface area (Å²) < 4.78 is 0. The Balaban J connectivity index is 0. The van der Waals surface area contributed by atoms with E-state index in [1.807, 2.05) is 0 Å². The minimum atomic E-state index is -0.0571. The Kier molecular flexibility index (Phi) is 25.2. The molecule has 0 spiro atoms. The molecule has 1 fully saturated rings. The van der Waals surface area contributed by atoms with Gasteiger partial charge in [0.15, 0.2) is 0 Å². The molecule has 0 saturated carbocycles. The van der Waals surface area contributed by atoms with E-state index < -0.39 is 0 Å². The van der Waals surface area contributed by atoms with Crippen LogP contribution in [-0.4, -0.2) is 48.0 Å². The number of hydrogen-bond acceptors (Lipinski definition) is 5. The van der Waals surface area contributed by atoms with Gasteiger partial charge in [-0.3, -0.25) is 4.99 Å². The zero-order chi connectivity index (χ0) is 29.3. The normalized spacial score (nSPS) is 18.1. The summed E-state index contributed by atoms with van der Waals surface area (Å²) in [5.74, 6) is 0.797. The summed E-state index contributed by atoms with van der Waals surface area (Å²) in [6, 6.07) is 0.0867. The molecule has 0 bridgehead atoms. The van der Waals surface area contributed by atoms with Crippen LogP contribution in [0.5, 0.6) is 0 Å². The third-order valence-electron chi connectivity index (χ3n) is 6.23.